The molecule has 0 aliphatic carbocycles. The Labute approximate surface area is 315 Å². The monoisotopic (exact) mass is 768 g/mol. The third-order valence-corrected chi connectivity index (χ3v) is 7.68. The largest absolute Gasteiger partial charge is 0.481 e. The molecule has 53 heavy (non-hydrogen) atoms. The summed E-state index contributed by atoms with van der Waals surface area (Å²) < 4.78 is 27.5. The molecule has 0 aromatic heterocycles. The summed E-state index contributed by atoms with van der Waals surface area (Å²) in [7, 11) is 0. The van der Waals surface area contributed by atoms with E-state index in [0.717, 1.165) is 0 Å². The number of carbonyl (C=O) groups excluding carboxylic acids is 5. The van der Waals surface area contributed by atoms with Gasteiger partial charge in [0.1, 0.15) is 18.1 Å². The highest BCUT2D eigenvalue weighted by Crippen LogP contribution is 2.20. The van der Waals surface area contributed by atoms with E-state index in [1.165, 1.54) is 6.92 Å². The van der Waals surface area contributed by atoms with Crippen LogP contribution in [0.5, 0.6) is 0 Å². The average Bonchev–Trinajstić information content (AvgIpc) is 2.96. The van der Waals surface area contributed by atoms with Crippen LogP contribution in [0.3, 0.4) is 0 Å². The van der Waals surface area contributed by atoms with Crippen LogP contribution in [0.15, 0.2) is 0 Å². The summed E-state index contributed by atoms with van der Waals surface area (Å²) in [5, 5.41) is 41.3. The second-order valence-corrected chi connectivity index (χ2v) is 15.3. The Kier molecular flexibility index (Phi) is 26.9. The molecule has 0 aliphatic rings. The third kappa shape index (κ3) is 26.1. The molecule has 0 aliphatic heterocycles. The maximum absolute atomic E-state index is 13.8. The van der Waals surface area contributed by atoms with Crippen LogP contribution in [0.1, 0.15) is 129 Å². The number of nitrogens with one attached hydrogen (secondary N) is 5. The van der Waals surface area contributed by atoms with E-state index in [4.69, 9.17) is 5.11 Å². The highest BCUT2D eigenvalue weighted by Gasteiger charge is 2.36. The predicted octanol–water partition coefficient (Wildman–Crippen LogP) is 3.52. The second kappa shape index (κ2) is 26.4. The number of carbonyl (C=O) groups is 6. The molecule has 0 bridgehead atoms. The van der Waals surface area contributed by atoms with Crippen LogP contribution in [-0.4, -0.2) is 99.2 Å². The van der Waals surface area contributed by atoms with Crippen molar-refractivity contribution in [3.63, 3.8) is 0 Å². The van der Waals surface area contributed by atoms with Gasteiger partial charge in [-0.25, -0.2) is 8.78 Å². The number of carboxylic acid groups (broad SMARTS) is 1. The van der Waals surface area contributed by atoms with Crippen molar-refractivity contribution in [1.29, 1.82) is 0 Å². The molecule has 14 nitrogen and oxygen atoms in total. The second-order valence-electron chi connectivity index (χ2n) is 15.3. The van der Waals surface area contributed by atoms with E-state index < -0.39 is 84.9 Å². The minimum atomic E-state index is -3.21. The third-order valence-electron chi connectivity index (χ3n) is 7.68. The van der Waals surface area contributed by atoms with Crippen molar-refractivity contribution in [3.8, 4) is 0 Å². The number of aliphatic hydroxyl groups is 2. The zero-order chi connectivity index (χ0) is 41.1. The number of hydrogen-bond donors (Lipinski definition) is 8. The molecule has 312 valence electrons. The Morgan fingerprint density at radius 1 is 0.642 bits per heavy atom. The number of aliphatic hydroxyl groups excluding tert-OH is 2. The Morgan fingerprint density at radius 3 is 1.53 bits per heavy atom. The molecule has 0 fully saturated rings. The van der Waals surface area contributed by atoms with Gasteiger partial charge >= 0.3 is 5.97 Å². The minimum Gasteiger partial charge on any atom is -0.481 e. The molecule has 0 rings (SSSR count). The molecule has 7 atom stereocenters. The van der Waals surface area contributed by atoms with Gasteiger partial charge in [-0.3, -0.25) is 28.8 Å². The van der Waals surface area contributed by atoms with Gasteiger partial charge in [0.15, 0.2) is 0 Å². The summed E-state index contributed by atoms with van der Waals surface area (Å²) in [6, 6.07) is -4.50. The van der Waals surface area contributed by atoms with Gasteiger partial charge in [-0.1, -0.05) is 69.7 Å². The summed E-state index contributed by atoms with van der Waals surface area (Å²) >= 11 is 0. The fourth-order valence-corrected chi connectivity index (χ4v) is 4.99. The van der Waals surface area contributed by atoms with Gasteiger partial charge < -0.3 is 41.9 Å². The minimum absolute atomic E-state index is 0. The van der Waals surface area contributed by atoms with E-state index in [-0.39, 0.29) is 55.8 Å². The summed E-state index contributed by atoms with van der Waals surface area (Å²) in [5.74, 6) is -6.72. The molecular formula is C37H71F2N5O9. The smallest absolute Gasteiger partial charge is 0.306 e. The standard InChI is InChI=1S/C22H41F2N3O4.C14H26N2O5.CH4/c1-12(2)9-16(15(7)28)25-20(30)17(11-22(8,23)24)26-21(31)19(14(5)6)27-18(29)10-13(3)4;1-5-12(18)15-9(4)14(21)16-10(6-8(2)3)11(17)7-13(19)20;/h12-17,19,28H,9-11H2,1-8H3,(H,25,30)(H,26,31)(H,27,29);8-11,17H,5-7H2,1-4H3,(H,15,18)(H,16,21)(H,19,20);1H4/t15-,16-,17-,19-;9-,10-,11-;/m00./s1. The van der Waals surface area contributed by atoms with E-state index in [9.17, 15) is 47.8 Å². The van der Waals surface area contributed by atoms with E-state index in [1.807, 2.05) is 41.5 Å². The van der Waals surface area contributed by atoms with Crippen molar-refractivity contribution < 1.29 is 52.9 Å². The van der Waals surface area contributed by atoms with Crippen molar-refractivity contribution >= 4 is 35.5 Å². The predicted molar refractivity (Wildman–Crippen MR) is 201 cm³/mol. The maximum Gasteiger partial charge on any atom is 0.306 e. The lowest BCUT2D eigenvalue weighted by molar-refractivity contribution is -0.140. The zero-order valence-electron chi connectivity index (χ0n) is 33.1. The Balaban J connectivity index is -0.000000994. The maximum atomic E-state index is 13.8. The van der Waals surface area contributed by atoms with Crippen molar-refractivity contribution in [1.82, 2.24) is 26.6 Å². The lowest BCUT2D eigenvalue weighted by atomic mass is 9.97. The van der Waals surface area contributed by atoms with E-state index in [1.54, 1.807) is 27.7 Å². The van der Waals surface area contributed by atoms with Crippen LogP contribution in [0.2, 0.25) is 0 Å². The summed E-state index contributed by atoms with van der Waals surface area (Å²) in [6.07, 6.45) is -1.99. The van der Waals surface area contributed by atoms with Gasteiger partial charge in [0.2, 0.25) is 35.5 Å². The van der Waals surface area contributed by atoms with Crippen molar-refractivity contribution in [3.05, 3.63) is 0 Å². The SMILES string of the molecule is C.CC(C)CC(=O)N[C@H](C(=O)N[C@@H](CC(C)(F)F)C(=O)N[C@@H](CC(C)C)[C@H](C)O)C(C)C.CCC(=O)N[C@@H](C)C(=O)N[C@@H](CC(C)C)[C@@H](O)CC(=O)O. The molecular weight excluding hydrogens is 696 g/mol. The average molecular weight is 768 g/mol. The Bertz CT molecular complexity index is 1130. The number of amides is 5. The molecule has 0 unspecified atom stereocenters. The molecule has 5 amide bonds. The first-order valence-electron chi connectivity index (χ1n) is 18.2. The first kappa shape index (κ1) is 53.9. The van der Waals surface area contributed by atoms with Gasteiger partial charge in [0.25, 0.3) is 0 Å². The van der Waals surface area contributed by atoms with Crippen molar-refractivity contribution in [2.24, 2.45) is 23.7 Å². The van der Waals surface area contributed by atoms with Gasteiger partial charge in [0.05, 0.1) is 30.7 Å². The molecule has 0 spiro atoms. The van der Waals surface area contributed by atoms with Gasteiger partial charge in [-0.2, -0.15) is 0 Å². The molecule has 0 heterocycles. The Morgan fingerprint density at radius 2 is 1.13 bits per heavy atom. The number of rotatable bonds is 22. The lowest BCUT2D eigenvalue weighted by Crippen LogP contribution is -2.58. The van der Waals surface area contributed by atoms with E-state index in [2.05, 4.69) is 26.6 Å². The fraction of sp³-hybridized carbons (Fsp3) is 0.838. The number of carboxylic acids is 1. The number of alkyl halides is 2. The van der Waals surface area contributed by atoms with Gasteiger partial charge in [-0.15, -0.1) is 0 Å². The molecule has 0 aromatic carbocycles. The summed E-state index contributed by atoms with van der Waals surface area (Å²) in [4.78, 5) is 71.6. The summed E-state index contributed by atoms with van der Waals surface area (Å²) in [6.45, 7) is 20.2. The van der Waals surface area contributed by atoms with Crippen LogP contribution in [-0.2, 0) is 28.8 Å². The number of halogens is 2. The van der Waals surface area contributed by atoms with E-state index >= 15 is 0 Å². The van der Waals surface area contributed by atoms with Crippen LogP contribution in [0, 0.1) is 23.7 Å². The zero-order valence-corrected chi connectivity index (χ0v) is 33.1. The van der Waals surface area contributed by atoms with Crippen LogP contribution in [0.4, 0.5) is 8.78 Å². The van der Waals surface area contributed by atoms with Crippen molar-refractivity contribution in [2.75, 3.05) is 0 Å². The number of aliphatic carboxylic acids is 1. The van der Waals surface area contributed by atoms with Crippen LogP contribution < -0.4 is 26.6 Å². The first-order chi connectivity index (χ1) is 23.7. The van der Waals surface area contributed by atoms with Crippen molar-refractivity contribution in [2.45, 2.75) is 177 Å². The van der Waals surface area contributed by atoms with Crippen LogP contribution >= 0.6 is 0 Å². The molecule has 0 saturated heterocycles. The highest BCUT2D eigenvalue weighted by atomic mass is 19.3. The number of hydrogen-bond acceptors (Lipinski definition) is 8. The normalized spacial score (nSPS) is 15.4. The molecule has 16 heteroatoms. The quantitative estimate of drug-likeness (QED) is 0.0806. The van der Waals surface area contributed by atoms with Gasteiger partial charge in [0, 0.05) is 19.3 Å². The molecule has 0 radical (unpaired) electrons. The van der Waals surface area contributed by atoms with Crippen LogP contribution in [0.25, 0.3) is 0 Å². The van der Waals surface area contributed by atoms with E-state index in [0.29, 0.717) is 19.8 Å². The molecule has 8 N–H and O–H groups in total. The summed E-state index contributed by atoms with van der Waals surface area (Å²) in [5.41, 5.74) is 0. The lowest BCUT2D eigenvalue weighted by Gasteiger charge is -2.29. The highest BCUT2D eigenvalue weighted by molar-refractivity contribution is 5.92. The Hall–Kier alpha value is -3.40. The molecule has 0 saturated carbocycles. The first-order valence-corrected chi connectivity index (χ1v) is 18.2. The van der Waals surface area contributed by atoms with Gasteiger partial charge in [-0.05, 0) is 57.3 Å². The fourth-order valence-electron chi connectivity index (χ4n) is 4.99. The molecule has 0 aromatic rings. The topological polar surface area (TPSA) is 223 Å².